The number of esters is 1. The Morgan fingerprint density at radius 1 is 1.32 bits per heavy atom. The fourth-order valence-corrected chi connectivity index (χ4v) is 3.95. The van der Waals surface area contributed by atoms with Crippen LogP contribution in [0.15, 0.2) is 23.6 Å². The third-order valence-corrected chi connectivity index (χ3v) is 4.87. The minimum absolute atomic E-state index is 0.000751. The molecule has 8 heteroatoms. The number of benzene rings is 1. The van der Waals surface area contributed by atoms with Gasteiger partial charge in [0.2, 0.25) is 6.79 Å². The minimum Gasteiger partial charge on any atom is -0.466 e. The number of nitrogens with zero attached hydrogens (tertiary/aromatic N) is 2. The van der Waals surface area contributed by atoms with Gasteiger partial charge in [0.05, 0.1) is 12.0 Å². The van der Waals surface area contributed by atoms with Crippen LogP contribution in [-0.2, 0) is 16.0 Å². The lowest BCUT2D eigenvalue weighted by Gasteiger charge is -2.05. The second-order valence-corrected chi connectivity index (χ2v) is 6.53. The summed E-state index contributed by atoms with van der Waals surface area (Å²) in [6, 6.07) is 5.72. The molecule has 4 rings (SSSR count). The van der Waals surface area contributed by atoms with Crippen molar-refractivity contribution < 1.29 is 19.0 Å². The summed E-state index contributed by atoms with van der Waals surface area (Å²) in [7, 11) is 0. The lowest BCUT2D eigenvalue weighted by Crippen LogP contribution is -2.10. The van der Waals surface area contributed by atoms with Gasteiger partial charge in [0.25, 0.3) is 0 Å². The van der Waals surface area contributed by atoms with E-state index in [9.17, 15) is 4.79 Å². The molecule has 0 spiro atoms. The molecule has 25 heavy (non-hydrogen) atoms. The van der Waals surface area contributed by atoms with Crippen LogP contribution in [0.5, 0.6) is 11.5 Å². The highest BCUT2D eigenvalue weighted by atomic mass is 35.5. The lowest BCUT2D eigenvalue weighted by molar-refractivity contribution is -0.142. The SMILES string of the molecule is CCOC(=O)Cc1nc(Cl)c2c(-c3ccc4c(c3)OCO4)csc2n1. The number of halogens is 1. The van der Waals surface area contributed by atoms with E-state index in [2.05, 4.69) is 9.97 Å². The van der Waals surface area contributed by atoms with E-state index in [1.165, 1.54) is 11.3 Å². The molecule has 0 amide bonds. The second kappa shape index (κ2) is 6.50. The molecule has 6 nitrogen and oxygen atoms in total. The van der Waals surface area contributed by atoms with E-state index < -0.39 is 0 Å². The van der Waals surface area contributed by atoms with Crippen molar-refractivity contribution >= 4 is 39.1 Å². The molecular formula is C17H13ClN2O4S. The van der Waals surface area contributed by atoms with Crippen LogP contribution in [0.1, 0.15) is 12.7 Å². The molecule has 0 atom stereocenters. The van der Waals surface area contributed by atoms with E-state index in [-0.39, 0.29) is 19.2 Å². The number of carbonyl (C=O) groups excluding carboxylic acids is 1. The number of ether oxygens (including phenoxy) is 3. The molecule has 3 aromatic rings. The predicted octanol–water partition coefficient (Wildman–Crippen LogP) is 3.85. The Morgan fingerprint density at radius 2 is 2.16 bits per heavy atom. The van der Waals surface area contributed by atoms with Crippen molar-refractivity contribution in [1.29, 1.82) is 0 Å². The average molecular weight is 377 g/mol. The Labute approximate surface area is 152 Å². The van der Waals surface area contributed by atoms with Crippen LogP contribution in [0, 0.1) is 0 Å². The van der Waals surface area contributed by atoms with Crippen molar-refractivity contribution in [3.8, 4) is 22.6 Å². The van der Waals surface area contributed by atoms with Crippen LogP contribution in [-0.4, -0.2) is 29.3 Å². The standard InChI is InChI=1S/C17H13ClN2O4S/c1-2-22-14(21)6-13-19-16(18)15-10(7-25-17(15)20-13)9-3-4-11-12(5-9)24-8-23-11/h3-5,7H,2,6,8H2,1H3. The number of fused-ring (bicyclic) bond motifs is 2. The highest BCUT2D eigenvalue weighted by Gasteiger charge is 2.19. The van der Waals surface area contributed by atoms with Gasteiger partial charge >= 0.3 is 5.97 Å². The fourth-order valence-electron chi connectivity index (χ4n) is 2.64. The zero-order valence-electron chi connectivity index (χ0n) is 13.2. The van der Waals surface area contributed by atoms with Gasteiger partial charge in [-0.1, -0.05) is 17.7 Å². The second-order valence-electron chi connectivity index (χ2n) is 5.31. The molecule has 0 bridgehead atoms. The third-order valence-electron chi connectivity index (χ3n) is 3.73. The Kier molecular flexibility index (Phi) is 4.19. The highest BCUT2D eigenvalue weighted by Crippen LogP contribution is 2.41. The number of hydrogen-bond donors (Lipinski definition) is 0. The normalized spacial score (nSPS) is 12.6. The van der Waals surface area contributed by atoms with Crippen molar-refractivity contribution in [1.82, 2.24) is 9.97 Å². The molecule has 128 valence electrons. The molecule has 1 aromatic carbocycles. The molecule has 2 aromatic heterocycles. The number of hydrogen-bond acceptors (Lipinski definition) is 7. The summed E-state index contributed by atoms with van der Waals surface area (Å²) in [4.78, 5) is 21.1. The van der Waals surface area contributed by atoms with Crippen LogP contribution in [0.4, 0.5) is 0 Å². The van der Waals surface area contributed by atoms with Crippen molar-refractivity contribution in [2.45, 2.75) is 13.3 Å². The van der Waals surface area contributed by atoms with Crippen LogP contribution >= 0.6 is 22.9 Å². The molecule has 0 aliphatic carbocycles. The topological polar surface area (TPSA) is 70.5 Å². The number of aromatic nitrogens is 2. The Balaban J connectivity index is 1.73. The molecule has 0 N–H and O–H groups in total. The molecule has 0 fully saturated rings. The average Bonchev–Trinajstić information content (AvgIpc) is 3.20. The summed E-state index contributed by atoms with van der Waals surface area (Å²) < 4.78 is 15.7. The van der Waals surface area contributed by atoms with Crippen molar-refractivity contribution in [2.24, 2.45) is 0 Å². The van der Waals surface area contributed by atoms with Crippen LogP contribution in [0.25, 0.3) is 21.3 Å². The summed E-state index contributed by atoms with van der Waals surface area (Å²) in [6.07, 6.45) is 0.000751. The molecule has 0 unspecified atom stereocenters. The van der Waals surface area contributed by atoms with Crippen LogP contribution in [0.2, 0.25) is 5.15 Å². The lowest BCUT2D eigenvalue weighted by atomic mass is 10.1. The van der Waals surface area contributed by atoms with Gasteiger partial charge in [0, 0.05) is 10.9 Å². The van der Waals surface area contributed by atoms with E-state index in [1.807, 2.05) is 23.6 Å². The zero-order valence-corrected chi connectivity index (χ0v) is 14.8. The molecular weight excluding hydrogens is 364 g/mol. The Hall–Kier alpha value is -2.38. The monoisotopic (exact) mass is 376 g/mol. The maximum absolute atomic E-state index is 11.6. The summed E-state index contributed by atoms with van der Waals surface area (Å²) in [5, 5.41) is 3.05. The van der Waals surface area contributed by atoms with E-state index in [0.717, 1.165) is 27.1 Å². The van der Waals surface area contributed by atoms with Gasteiger partial charge in [-0.3, -0.25) is 4.79 Å². The summed E-state index contributed by atoms with van der Waals surface area (Å²) in [6.45, 7) is 2.30. The Morgan fingerprint density at radius 3 is 3.00 bits per heavy atom. The van der Waals surface area contributed by atoms with Gasteiger partial charge in [0.1, 0.15) is 22.2 Å². The van der Waals surface area contributed by atoms with Crippen molar-refractivity contribution in [2.75, 3.05) is 13.4 Å². The highest BCUT2D eigenvalue weighted by molar-refractivity contribution is 7.17. The predicted molar refractivity (Wildman–Crippen MR) is 94.3 cm³/mol. The number of rotatable bonds is 4. The summed E-state index contributed by atoms with van der Waals surface area (Å²) in [5.41, 5.74) is 1.87. The van der Waals surface area contributed by atoms with Gasteiger partial charge in [-0.05, 0) is 24.6 Å². The number of thiophene rings is 1. The molecule has 3 heterocycles. The number of carbonyl (C=O) groups is 1. The maximum Gasteiger partial charge on any atom is 0.313 e. The van der Waals surface area contributed by atoms with Gasteiger partial charge in [-0.15, -0.1) is 11.3 Å². The van der Waals surface area contributed by atoms with E-state index in [1.54, 1.807) is 6.92 Å². The molecule has 1 aliphatic heterocycles. The van der Waals surface area contributed by atoms with Crippen molar-refractivity contribution in [3.63, 3.8) is 0 Å². The van der Waals surface area contributed by atoms with Gasteiger partial charge in [-0.2, -0.15) is 0 Å². The molecule has 0 saturated carbocycles. The fraction of sp³-hybridized carbons (Fsp3) is 0.235. The maximum atomic E-state index is 11.6. The zero-order chi connectivity index (χ0) is 17.4. The van der Waals surface area contributed by atoms with E-state index in [0.29, 0.717) is 23.3 Å². The van der Waals surface area contributed by atoms with Crippen molar-refractivity contribution in [3.05, 3.63) is 34.6 Å². The van der Waals surface area contributed by atoms with Crippen LogP contribution in [0.3, 0.4) is 0 Å². The quantitative estimate of drug-likeness (QED) is 0.509. The first-order chi connectivity index (χ1) is 12.2. The first kappa shape index (κ1) is 16.1. The van der Waals surface area contributed by atoms with Gasteiger partial charge < -0.3 is 14.2 Å². The molecule has 0 saturated heterocycles. The van der Waals surface area contributed by atoms with Crippen LogP contribution < -0.4 is 9.47 Å². The molecule has 0 radical (unpaired) electrons. The summed E-state index contributed by atoms with van der Waals surface area (Å²) >= 11 is 7.83. The summed E-state index contributed by atoms with van der Waals surface area (Å²) in [5.74, 6) is 1.41. The minimum atomic E-state index is -0.370. The van der Waals surface area contributed by atoms with Gasteiger partial charge in [-0.25, -0.2) is 9.97 Å². The van der Waals surface area contributed by atoms with E-state index >= 15 is 0 Å². The first-order valence-electron chi connectivity index (χ1n) is 7.65. The van der Waals surface area contributed by atoms with Gasteiger partial charge in [0.15, 0.2) is 11.5 Å². The Bertz CT molecular complexity index is 973. The molecule has 1 aliphatic rings. The third kappa shape index (κ3) is 3.01. The first-order valence-corrected chi connectivity index (χ1v) is 8.90. The van der Waals surface area contributed by atoms with E-state index in [4.69, 9.17) is 25.8 Å². The largest absolute Gasteiger partial charge is 0.466 e. The smallest absolute Gasteiger partial charge is 0.313 e.